The van der Waals surface area contributed by atoms with Crippen molar-refractivity contribution < 1.29 is 14.7 Å². The maximum absolute atomic E-state index is 12.7. The molecule has 1 aromatic heterocycles. The van der Waals surface area contributed by atoms with Crippen LogP contribution in [0.25, 0.3) is 0 Å². The predicted molar refractivity (Wildman–Crippen MR) is 83.9 cm³/mol. The Labute approximate surface area is 138 Å². The number of rotatable bonds is 3. The number of anilines is 1. The molecule has 2 aliphatic rings. The molecule has 0 saturated carbocycles. The first-order chi connectivity index (χ1) is 11.0. The minimum atomic E-state index is -0.541. The molecule has 3 rings (SSSR count). The number of H-pyrrole nitrogens is 1. The van der Waals surface area contributed by atoms with Crippen LogP contribution >= 0.6 is 11.6 Å². The second kappa shape index (κ2) is 6.01. The highest BCUT2D eigenvalue weighted by Gasteiger charge is 2.49. The van der Waals surface area contributed by atoms with Crippen LogP contribution in [-0.2, 0) is 4.79 Å². The van der Waals surface area contributed by atoms with Gasteiger partial charge in [0.25, 0.3) is 5.91 Å². The summed E-state index contributed by atoms with van der Waals surface area (Å²) in [5.41, 5.74) is 5.18. The SMILES string of the molecule is Nc1n[nH]c(C(=O)N2CCC3(CCCN(CCO)C3=O)C2)c1Cl. The molecule has 8 nitrogen and oxygen atoms in total. The minimum absolute atomic E-state index is 0.0309. The number of halogens is 1. The van der Waals surface area contributed by atoms with Crippen molar-refractivity contribution in [3.63, 3.8) is 0 Å². The third-order valence-corrected chi connectivity index (χ3v) is 5.16. The van der Waals surface area contributed by atoms with E-state index in [4.69, 9.17) is 22.4 Å². The van der Waals surface area contributed by atoms with Gasteiger partial charge in [-0.15, -0.1) is 0 Å². The molecule has 126 valence electrons. The van der Waals surface area contributed by atoms with E-state index in [1.165, 1.54) is 0 Å². The number of carbonyl (C=O) groups excluding carboxylic acids is 2. The molecule has 0 aliphatic carbocycles. The molecule has 4 N–H and O–H groups in total. The van der Waals surface area contributed by atoms with Crippen molar-refractivity contribution in [2.75, 3.05) is 38.5 Å². The number of nitrogens with two attached hydrogens (primary N) is 1. The molecular weight excluding hydrogens is 322 g/mol. The number of hydrogen-bond acceptors (Lipinski definition) is 5. The highest BCUT2D eigenvalue weighted by atomic mass is 35.5. The molecule has 23 heavy (non-hydrogen) atoms. The topological polar surface area (TPSA) is 116 Å². The first-order valence-electron chi connectivity index (χ1n) is 7.67. The molecule has 9 heteroatoms. The lowest BCUT2D eigenvalue weighted by atomic mass is 9.78. The molecule has 3 heterocycles. The molecule has 0 radical (unpaired) electrons. The highest BCUT2D eigenvalue weighted by Crippen LogP contribution is 2.40. The number of aromatic nitrogens is 2. The molecule has 1 atom stereocenters. The zero-order chi connectivity index (χ0) is 16.6. The van der Waals surface area contributed by atoms with Gasteiger partial charge in [0.15, 0.2) is 5.82 Å². The zero-order valence-corrected chi connectivity index (χ0v) is 13.5. The Hall–Kier alpha value is -1.80. The molecule has 2 saturated heterocycles. The van der Waals surface area contributed by atoms with Gasteiger partial charge in [-0.2, -0.15) is 5.10 Å². The number of nitrogens with one attached hydrogen (secondary N) is 1. The molecule has 0 aromatic carbocycles. The van der Waals surface area contributed by atoms with E-state index in [0.717, 1.165) is 12.8 Å². The van der Waals surface area contributed by atoms with Crippen LogP contribution in [0, 0.1) is 5.41 Å². The van der Waals surface area contributed by atoms with Crippen LogP contribution in [-0.4, -0.2) is 69.7 Å². The number of piperidine rings is 1. The Kier molecular flexibility index (Phi) is 4.20. The van der Waals surface area contributed by atoms with Gasteiger partial charge in [0.1, 0.15) is 10.7 Å². The number of amides is 2. The van der Waals surface area contributed by atoms with Crippen LogP contribution in [0.5, 0.6) is 0 Å². The number of aromatic amines is 1. The minimum Gasteiger partial charge on any atom is -0.395 e. The number of carbonyl (C=O) groups is 2. The summed E-state index contributed by atoms with van der Waals surface area (Å²) in [5, 5.41) is 15.5. The van der Waals surface area contributed by atoms with Crippen molar-refractivity contribution >= 4 is 29.2 Å². The summed E-state index contributed by atoms with van der Waals surface area (Å²) >= 11 is 5.98. The Morgan fingerprint density at radius 1 is 1.43 bits per heavy atom. The fourth-order valence-corrected chi connectivity index (χ4v) is 3.72. The molecule has 1 aromatic rings. The smallest absolute Gasteiger partial charge is 0.273 e. The normalized spacial score (nSPS) is 24.7. The number of hydrogen-bond donors (Lipinski definition) is 3. The van der Waals surface area contributed by atoms with Gasteiger partial charge < -0.3 is 20.6 Å². The fourth-order valence-electron chi connectivity index (χ4n) is 3.55. The van der Waals surface area contributed by atoms with E-state index in [1.54, 1.807) is 9.80 Å². The number of likely N-dealkylation sites (tertiary alicyclic amines) is 2. The Bertz CT molecular complexity index is 632. The van der Waals surface area contributed by atoms with E-state index >= 15 is 0 Å². The van der Waals surface area contributed by atoms with Crippen molar-refractivity contribution in [2.45, 2.75) is 19.3 Å². The van der Waals surface area contributed by atoms with Crippen molar-refractivity contribution in [2.24, 2.45) is 5.41 Å². The average Bonchev–Trinajstić information content (AvgIpc) is 3.10. The van der Waals surface area contributed by atoms with Crippen LogP contribution < -0.4 is 5.73 Å². The van der Waals surface area contributed by atoms with Gasteiger partial charge in [0, 0.05) is 26.2 Å². The molecule has 1 unspecified atom stereocenters. The van der Waals surface area contributed by atoms with Crippen LogP contribution in [0.15, 0.2) is 0 Å². The van der Waals surface area contributed by atoms with Gasteiger partial charge in [-0.3, -0.25) is 14.7 Å². The van der Waals surface area contributed by atoms with E-state index in [-0.39, 0.29) is 35.0 Å². The summed E-state index contributed by atoms with van der Waals surface area (Å²) in [5.74, 6) is -0.168. The fraction of sp³-hybridized carbons (Fsp3) is 0.643. The lowest BCUT2D eigenvalue weighted by molar-refractivity contribution is -0.146. The van der Waals surface area contributed by atoms with Gasteiger partial charge in [-0.05, 0) is 19.3 Å². The Morgan fingerprint density at radius 3 is 2.87 bits per heavy atom. The van der Waals surface area contributed by atoms with Gasteiger partial charge in [0.2, 0.25) is 5.91 Å². The third-order valence-electron chi connectivity index (χ3n) is 4.78. The second-order valence-corrected chi connectivity index (χ2v) is 6.55. The van der Waals surface area contributed by atoms with E-state index in [0.29, 0.717) is 32.6 Å². The monoisotopic (exact) mass is 341 g/mol. The lowest BCUT2D eigenvalue weighted by Crippen LogP contribution is -2.51. The van der Waals surface area contributed by atoms with Crippen molar-refractivity contribution in [3.8, 4) is 0 Å². The maximum atomic E-state index is 12.7. The summed E-state index contributed by atoms with van der Waals surface area (Å²) in [7, 11) is 0. The first kappa shape index (κ1) is 16.1. The molecule has 1 spiro atoms. The largest absolute Gasteiger partial charge is 0.395 e. The zero-order valence-electron chi connectivity index (χ0n) is 12.7. The quantitative estimate of drug-likeness (QED) is 0.720. The molecule has 2 aliphatic heterocycles. The third kappa shape index (κ3) is 2.66. The summed E-state index contributed by atoms with van der Waals surface area (Å²) in [6.45, 7) is 1.82. The molecule has 2 amide bonds. The molecular formula is C14H20ClN5O3. The van der Waals surface area contributed by atoms with Gasteiger partial charge in [0.05, 0.1) is 12.0 Å². The Balaban J connectivity index is 1.76. The van der Waals surface area contributed by atoms with E-state index in [2.05, 4.69) is 10.2 Å². The van der Waals surface area contributed by atoms with Gasteiger partial charge >= 0.3 is 0 Å². The van der Waals surface area contributed by atoms with E-state index in [1.807, 2.05) is 0 Å². The number of nitrogen functional groups attached to an aromatic ring is 1. The highest BCUT2D eigenvalue weighted by molar-refractivity contribution is 6.35. The summed E-state index contributed by atoms with van der Waals surface area (Å²) in [6, 6.07) is 0. The number of aliphatic hydroxyl groups excluding tert-OH is 1. The van der Waals surface area contributed by atoms with Gasteiger partial charge in [-0.25, -0.2) is 0 Å². The van der Waals surface area contributed by atoms with Crippen LogP contribution in [0.4, 0.5) is 5.82 Å². The first-order valence-corrected chi connectivity index (χ1v) is 8.05. The standard InChI is InChI=1S/C14H20ClN5O3/c15-9-10(17-18-11(9)16)12(22)20-5-3-14(8-20)2-1-4-19(6-7-21)13(14)23/h21H,1-8H2,(H3,16,17,18). The van der Waals surface area contributed by atoms with E-state index < -0.39 is 5.41 Å². The van der Waals surface area contributed by atoms with E-state index in [9.17, 15) is 9.59 Å². The predicted octanol–water partition coefficient (Wildman–Crippen LogP) is 0.0923. The van der Waals surface area contributed by atoms with Crippen molar-refractivity contribution in [3.05, 3.63) is 10.7 Å². The van der Waals surface area contributed by atoms with Gasteiger partial charge in [-0.1, -0.05) is 11.6 Å². The van der Waals surface area contributed by atoms with Crippen molar-refractivity contribution in [1.82, 2.24) is 20.0 Å². The lowest BCUT2D eigenvalue weighted by Gasteiger charge is -2.39. The second-order valence-electron chi connectivity index (χ2n) is 6.17. The maximum Gasteiger partial charge on any atom is 0.273 e. The molecule has 2 fully saturated rings. The summed E-state index contributed by atoms with van der Waals surface area (Å²) in [6.07, 6.45) is 2.27. The average molecular weight is 342 g/mol. The summed E-state index contributed by atoms with van der Waals surface area (Å²) < 4.78 is 0. The molecule has 0 bridgehead atoms. The Morgan fingerprint density at radius 2 is 2.22 bits per heavy atom. The van der Waals surface area contributed by atoms with Crippen LogP contribution in [0.1, 0.15) is 29.8 Å². The van der Waals surface area contributed by atoms with Crippen LogP contribution in [0.2, 0.25) is 5.02 Å². The number of aliphatic hydroxyl groups is 1. The number of nitrogens with zero attached hydrogens (tertiary/aromatic N) is 3. The van der Waals surface area contributed by atoms with Crippen molar-refractivity contribution in [1.29, 1.82) is 0 Å². The van der Waals surface area contributed by atoms with Crippen LogP contribution in [0.3, 0.4) is 0 Å². The summed E-state index contributed by atoms with van der Waals surface area (Å²) in [4.78, 5) is 28.6. The number of β-amino-alcohol motifs (C(OH)–C–C–N with tert-alkyl or cyclic N) is 1.